The van der Waals surface area contributed by atoms with Crippen LogP contribution in [0.25, 0.3) is 0 Å². The molecule has 1 fully saturated rings. The number of methoxy groups -OCH3 is 1. The van der Waals surface area contributed by atoms with Gasteiger partial charge in [-0.05, 0) is 12.0 Å². The molecule has 6 heteroatoms. The summed E-state index contributed by atoms with van der Waals surface area (Å²) in [6.45, 7) is 0.412. The fourth-order valence-corrected chi connectivity index (χ4v) is 1.67. The van der Waals surface area contributed by atoms with Crippen molar-refractivity contribution in [2.45, 2.75) is 18.5 Å². The number of ether oxygens (including phenoxy) is 1. The number of piperidine rings is 1. The van der Waals surface area contributed by atoms with Gasteiger partial charge >= 0.3 is 5.97 Å². The number of esters is 1. The topological polar surface area (TPSA) is 73.9 Å². The van der Waals surface area contributed by atoms with Gasteiger partial charge in [0, 0.05) is 6.54 Å². The van der Waals surface area contributed by atoms with Crippen molar-refractivity contribution in [2.75, 3.05) is 13.7 Å². The molecule has 6 nitrogen and oxygen atoms in total. The van der Waals surface area contributed by atoms with Gasteiger partial charge in [-0.3, -0.25) is 4.79 Å². The van der Waals surface area contributed by atoms with Crippen LogP contribution in [0.15, 0.2) is 11.8 Å². The van der Waals surface area contributed by atoms with Crippen LogP contribution in [0.3, 0.4) is 0 Å². The van der Waals surface area contributed by atoms with Gasteiger partial charge in [-0.25, -0.2) is 5.23 Å². The number of fused-ring (bicyclic) bond motifs is 1. The molecular formula is C8H11N2O4-. The molecular weight excluding hydrogens is 188 g/mol. The molecule has 2 rings (SSSR count). The molecule has 0 radical (unpaired) electrons. The van der Waals surface area contributed by atoms with E-state index in [1.807, 2.05) is 0 Å². The Balaban J connectivity index is 2.02. The van der Waals surface area contributed by atoms with Gasteiger partial charge in [0.2, 0.25) is 0 Å². The first kappa shape index (κ1) is 9.45. The molecule has 0 aromatic carbocycles. The quantitative estimate of drug-likeness (QED) is 0.575. The SMILES string of the molecule is COC(=O)C1CC2=CON([O-])C2CN1. The Hall–Kier alpha value is -1.11. The molecule has 78 valence electrons. The molecule has 0 aromatic heterocycles. The highest BCUT2D eigenvalue weighted by atomic mass is 16.9. The van der Waals surface area contributed by atoms with E-state index < -0.39 is 0 Å². The first-order valence-corrected chi connectivity index (χ1v) is 4.35. The average Bonchev–Trinajstić information content (AvgIpc) is 2.59. The molecule has 0 spiro atoms. The number of rotatable bonds is 1. The summed E-state index contributed by atoms with van der Waals surface area (Å²) in [5, 5.41) is 14.5. The summed E-state index contributed by atoms with van der Waals surface area (Å²) in [4.78, 5) is 15.9. The van der Waals surface area contributed by atoms with Gasteiger partial charge in [0.15, 0.2) is 0 Å². The first-order chi connectivity index (χ1) is 6.72. The predicted molar refractivity (Wildman–Crippen MR) is 46.6 cm³/mol. The number of hydrogen-bond donors (Lipinski definition) is 1. The van der Waals surface area contributed by atoms with E-state index >= 15 is 0 Å². The predicted octanol–water partition coefficient (Wildman–Crippen LogP) is -0.481. The van der Waals surface area contributed by atoms with E-state index in [0.29, 0.717) is 18.2 Å². The minimum absolute atomic E-state index is 0.295. The third-order valence-electron chi connectivity index (χ3n) is 2.47. The standard InChI is InChI=1S/C8H11N2O4/c1-13-8(11)6-2-5-4-14-10(12)7(5)3-9-6/h4,6-7,9H,2-3H2,1H3/q-1. The summed E-state index contributed by atoms with van der Waals surface area (Å²) in [6.07, 6.45) is 1.88. The smallest absolute Gasteiger partial charge is 0.323 e. The maximum absolute atomic E-state index is 11.2. The summed E-state index contributed by atoms with van der Waals surface area (Å²) < 4.78 is 4.60. The van der Waals surface area contributed by atoms with Gasteiger partial charge in [-0.2, -0.15) is 0 Å². The molecule has 2 aliphatic heterocycles. The summed E-state index contributed by atoms with van der Waals surface area (Å²) in [5.74, 6) is -0.311. The number of nitrogens with zero attached hydrogens (tertiary/aromatic N) is 1. The lowest BCUT2D eigenvalue weighted by Gasteiger charge is -2.34. The maximum atomic E-state index is 11.2. The highest BCUT2D eigenvalue weighted by Gasteiger charge is 2.34. The molecule has 14 heavy (non-hydrogen) atoms. The Bertz CT molecular complexity index is 279. The van der Waals surface area contributed by atoms with Crippen LogP contribution >= 0.6 is 0 Å². The molecule has 2 atom stereocenters. The molecule has 0 aliphatic carbocycles. The van der Waals surface area contributed by atoms with Gasteiger partial charge in [-0.1, -0.05) is 0 Å². The summed E-state index contributed by atoms with van der Waals surface area (Å²) in [7, 11) is 1.34. The van der Waals surface area contributed by atoms with E-state index in [0.717, 1.165) is 5.57 Å². The lowest BCUT2D eigenvalue weighted by Crippen LogP contribution is -2.50. The van der Waals surface area contributed by atoms with Gasteiger partial charge in [-0.15, -0.1) is 0 Å². The second-order valence-corrected chi connectivity index (χ2v) is 3.29. The molecule has 0 saturated carbocycles. The maximum Gasteiger partial charge on any atom is 0.323 e. The molecule has 1 saturated heterocycles. The van der Waals surface area contributed by atoms with Crippen LogP contribution in [0.2, 0.25) is 0 Å². The third kappa shape index (κ3) is 1.47. The van der Waals surface area contributed by atoms with Gasteiger partial charge in [0.1, 0.15) is 12.3 Å². The van der Waals surface area contributed by atoms with Gasteiger partial charge in [0.05, 0.1) is 13.2 Å². The third-order valence-corrected chi connectivity index (χ3v) is 2.47. The molecule has 1 N–H and O–H groups in total. The van der Waals surface area contributed by atoms with E-state index in [1.54, 1.807) is 0 Å². The molecule has 0 bridgehead atoms. The van der Waals surface area contributed by atoms with Crippen molar-refractivity contribution in [1.82, 2.24) is 10.5 Å². The lowest BCUT2D eigenvalue weighted by atomic mass is 9.96. The summed E-state index contributed by atoms with van der Waals surface area (Å²) in [5.41, 5.74) is 0.842. The van der Waals surface area contributed by atoms with Crippen LogP contribution in [0.4, 0.5) is 0 Å². The van der Waals surface area contributed by atoms with Crippen molar-refractivity contribution >= 4 is 5.97 Å². The number of nitrogens with one attached hydrogen (secondary N) is 1. The van der Waals surface area contributed by atoms with E-state index in [1.165, 1.54) is 13.4 Å². The number of carbonyl (C=O) groups excluding carboxylic acids is 1. The van der Waals surface area contributed by atoms with Gasteiger partial charge in [0.25, 0.3) is 0 Å². The van der Waals surface area contributed by atoms with Crippen LogP contribution in [0.1, 0.15) is 6.42 Å². The largest absolute Gasteiger partial charge is 0.752 e. The van der Waals surface area contributed by atoms with Crippen LogP contribution in [-0.2, 0) is 14.4 Å². The minimum atomic E-state index is -0.363. The first-order valence-electron chi connectivity index (χ1n) is 4.35. The van der Waals surface area contributed by atoms with Crippen molar-refractivity contribution in [3.8, 4) is 0 Å². The molecule has 0 amide bonds. The lowest BCUT2D eigenvalue weighted by molar-refractivity contribution is -0.143. The van der Waals surface area contributed by atoms with E-state index in [4.69, 9.17) is 0 Å². The van der Waals surface area contributed by atoms with E-state index in [-0.39, 0.29) is 18.1 Å². The molecule has 0 aromatic rings. The Morgan fingerprint density at radius 3 is 3.36 bits per heavy atom. The monoisotopic (exact) mass is 199 g/mol. The zero-order valence-corrected chi connectivity index (χ0v) is 7.73. The Kier molecular flexibility index (Phi) is 2.40. The number of hydroxylamine groups is 2. The van der Waals surface area contributed by atoms with Crippen LogP contribution < -0.4 is 5.32 Å². The van der Waals surface area contributed by atoms with Crippen molar-refractivity contribution in [1.29, 1.82) is 0 Å². The Labute approximate surface area is 81.0 Å². The number of carbonyl (C=O) groups is 1. The molecule has 2 heterocycles. The fraction of sp³-hybridized carbons (Fsp3) is 0.625. The summed E-state index contributed by atoms with van der Waals surface area (Å²) in [6, 6.07) is -0.659. The minimum Gasteiger partial charge on any atom is -0.752 e. The highest BCUT2D eigenvalue weighted by Crippen LogP contribution is 2.26. The summed E-state index contributed by atoms with van der Waals surface area (Å²) >= 11 is 0. The Morgan fingerprint density at radius 2 is 2.64 bits per heavy atom. The van der Waals surface area contributed by atoms with Crippen molar-refractivity contribution < 1.29 is 14.4 Å². The molecule has 2 aliphatic rings. The van der Waals surface area contributed by atoms with Crippen molar-refractivity contribution in [3.05, 3.63) is 17.0 Å². The van der Waals surface area contributed by atoms with Crippen molar-refractivity contribution in [3.63, 3.8) is 0 Å². The Morgan fingerprint density at radius 1 is 1.86 bits per heavy atom. The normalized spacial score (nSPS) is 31.7. The van der Waals surface area contributed by atoms with Crippen molar-refractivity contribution in [2.24, 2.45) is 0 Å². The number of hydrogen-bond acceptors (Lipinski definition) is 6. The van der Waals surface area contributed by atoms with Crippen LogP contribution in [0.5, 0.6) is 0 Å². The second kappa shape index (κ2) is 3.56. The second-order valence-electron chi connectivity index (χ2n) is 3.29. The fourth-order valence-electron chi connectivity index (χ4n) is 1.67. The zero-order chi connectivity index (χ0) is 10.1. The van der Waals surface area contributed by atoms with Crippen LogP contribution in [-0.4, -0.2) is 36.9 Å². The highest BCUT2D eigenvalue weighted by molar-refractivity contribution is 5.76. The van der Waals surface area contributed by atoms with Gasteiger partial charge < -0.3 is 20.1 Å². The van der Waals surface area contributed by atoms with Crippen LogP contribution in [0, 0.1) is 5.21 Å². The van der Waals surface area contributed by atoms with E-state index in [9.17, 15) is 10.0 Å². The van der Waals surface area contributed by atoms with E-state index in [2.05, 4.69) is 14.9 Å². The average molecular weight is 199 g/mol. The molecule has 2 unspecified atom stereocenters. The zero-order valence-electron chi connectivity index (χ0n) is 7.73.